The molecule has 0 saturated carbocycles. The second kappa shape index (κ2) is 6.33. The van der Waals surface area contributed by atoms with E-state index in [1.165, 1.54) is 11.1 Å². The quantitative estimate of drug-likeness (QED) is 0.787. The minimum atomic E-state index is 0.0832. The van der Waals surface area contributed by atoms with Gasteiger partial charge in [0.1, 0.15) is 5.69 Å². The molecule has 2 aliphatic rings. The van der Waals surface area contributed by atoms with Crippen molar-refractivity contribution >= 4 is 23.4 Å². The normalized spacial score (nSPS) is 19.8. The highest BCUT2D eigenvalue weighted by Gasteiger charge is 2.28. The van der Waals surface area contributed by atoms with Crippen LogP contribution in [0.15, 0.2) is 30.7 Å². The van der Waals surface area contributed by atoms with Crippen LogP contribution in [0, 0.1) is 6.57 Å². The van der Waals surface area contributed by atoms with Crippen LogP contribution >= 0.6 is 11.8 Å². The van der Waals surface area contributed by atoms with E-state index in [2.05, 4.69) is 9.83 Å². The summed E-state index contributed by atoms with van der Waals surface area (Å²) in [7, 11) is 0. The van der Waals surface area contributed by atoms with E-state index in [0.29, 0.717) is 11.4 Å². The number of fused-ring (bicyclic) bond motifs is 1. The van der Waals surface area contributed by atoms with Gasteiger partial charge in [0.15, 0.2) is 5.69 Å². The van der Waals surface area contributed by atoms with Crippen molar-refractivity contribution in [1.29, 1.82) is 0 Å². The molecule has 1 aromatic carbocycles. The fourth-order valence-electron chi connectivity index (χ4n) is 3.51. The number of nitrogens with zero attached hydrogens (tertiary/aromatic N) is 4. The Balaban J connectivity index is 1.70. The number of amides is 1. The monoisotopic (exact) mass is 338 g/mol. The second-order valence-electron chi connectivity index (χ2n) is 6.21. The third-order valence-electron chi connectivity index (χ3n) is 4.76. The molecule has 1 fully saturated rings. The van der Waals surface area contributed by atoms with Crippen molar-refractivity contribution < 1.29 is 4.79 Å². The van der Waals surface area contributed by atoms with Gasteiger partial charge < -0.3 is 9.47 Å². The molecule has 0 spiro atoms. The zero-order valence-corrected chi connectivity index (χ0v) is 14.1. The second-order valence-corrected chi connectivity index (χ2v) is 7.24. The van der Waals surface area contributed by atoms with E-state index in [4.69, 9.17) is 6.57 Å². The smallest absolute Gasteiger partial charge is 0.272 e. The van der Waals surface area contributed by atoms with Crippen LogP contribution < -0.4 is 0 Å². The van der Waals surface area contributed by atoms with Gasteiger partial charge >= 0.3 is 0 Å². The van der Waals surface area contributed by atoms with Crippen molar-refractivity contribution in [2.45, 2.75) is 24.6 Å². The number of aromatic nitrogens is 2. The highest BCUT2D eigenvalue weighted by molar-refractivity contribution is 7.98. The Kier molecular flexibility index (Phi) is 4.03. The van der Waals surface area contributed by atoms with E-state index in [1.54, 1.807) is 12.5 Å². The molecule has 5 nitrogen and oxygen atoms in total. The molecule has 4 rings (SSSR count). The fraction of sp³-hybridized carbons (Fsp3) is 0.389. The molecule has 0 aliphatic carbocycles. The number of imidazole rings is 1. The third kappa shape index (κ3) is 2.59. The largest absolute Gasteiger partial charge is 0.337 e. The molecule has 1 saturated heterocycles. The van der Waals surface area contributed by atoms with Crippen molar-refractivity contribution in [3.05, 3.63) is 59.0 Å². The molecular weight excluding hydrogens is 320 g/mol. The van der Waals surface area contributed by atoms with E-state index < -0.39 is 0 Å². The molecule has 0 radical (unpaired) electrons. The number of benzene rings is 1. The maximum Gasteiger partial charge on any atom is 0.272 e. The van der Waals surface area contributed by atoms with Crippen LogP contribution in [0.5, 0.6) is 0 Å². The molecule has 1 aromatic heterocycles. The summed E-state index contributed by atoms with van der Waals surface area (Å²) in [4.78, 5) is 22.5. The van der Waals surface area contributed by atoms with E-state index in [1.807, 2.05) is 39.4 Å². The van der Waals surface area contributed by atoms with Crippen molar-refractivity contribution in [3.63, 3.8) is 0 Å². The first-order valence-corrected chi connectivity index (χ1v) is 9.32. The summed E-state index contributed by atoms with van der Waals surface area (Å²) in [6.07, 6.45) is 5.63. The Morgan fingerprint density at radius 3 is 2.96 bits per heavy atom. The number of likely N-dealkylation sites (tertiary alicyclic amines) is 1. The van der Waals surface area contributed by atoms with Crippen LogP contribution in [0.2, 0.25) is 0 Å². The average Bonchev–Trinajstić information content (AvgIpc) is 3.31. The fourth-order valence-corrected chi connectivity index (χ4v) is 4.66. The Labute approximate surface area is 145 Å². The van der Waals surface area contributed by atoms with Crippen molar-refractivity contribution in [3.8, 4) is 0 Å². The molecular formula is C18H18N4OS. The minimum Gasteiger partial charge on any atom is -0.337 e. The highest BCUT2D eigenvalue weighted by Crippen LogP contribution is 2.37. The molecule has 6 heteroatoms. The minimum absolute atomic E-state index is 0.0832. The first-order chi connectivity index (χ1) is 11.8. The first-order valence-electron chi connectivity index (χ1n) is 8.17. The lowest BCUT2D eigenvalue weighted by molar-refractivity contribution is 0.0781. The number of rotatable bonds is 2. The Hall–Kier alpha value is -2.26. The summed E-state index contributed by atoms with van der Waals surface area (Å²) in [6, 6.07) is 5.98. The summed E-state index contributed by atoms with van der Waals surface area (Å²) >= 11 is 1.84. The van der Waals surface area contributed by atoms with Gasteiger partial charge in [-0.2, -0.15) is 11.8 Å². The number of carbonyl (C=O) groups is 1. The number of hydrogen-bond donors (Lipinski definition) is 0. The van der Waals surface area contributed by atoms with Crippen molar-refractivity contribution in [2.24, 2.45) is 0 Å². The summed E-state index contributed by atoms with van der Waals surface area (Å²) in [5, 5.41) is 0. The lowest BCUT2D eigenvalue weighted by atomic mass is 10.0. The van der Waals surface area contributed by atoms with Gasteiger partial charge in [0.2, 0.25) is 0 Å². The number of hydrogen-bond acceptors (Lipinski definition) is 3. The number of carbonyl (C=O) groups excluding carboxylic acids is 1. The Morgan fingerprint density at radius 1 is 1.33 bits per heavy atom. The van der Waals surface area contributed by atoms with E-state index in [0.717, 1.165) is 37.4 Å². The van der Waals surface area contributed by atoms with E-state index in [-0.39, 0.29) is 11.9 Å². The molecule has 0 N–H and O–H groups in total. The lowest BCUT2D eigenvalue weighted by Gasteiger charge is -2.28. The van der Waals surface area contributed by atoms with Crippen molar-refractivity contribution in [2.75, 3.05) is 18.8 Å². The summed E-state index contributed by atoms with van der Waals surface area (Å²) < 4.78 is 2.02. The molecule has 3 heterocycles. The van der Waals surface area contributed by atoms with Crippen LogP contribution in [0.3, 0.4) is 0 Å². The van der Waals surface area contributed by atoms with E-state index in [9.17, 15) is 4.79 Å². The lowest BCUT2D eigenvalue weighted by Crippen LogP contribution is -2.31. The topological polar surface area (TPSA) is 42.5 Å². The van der Waals surface area contributed by atoms with Gasteiger partial charge in [-0.3, -0.25) is 4.79 Å². The number of thioether (sulfide) groups is 1. The van der Waals surface area contributed by atoms with Gasteiger partial charge in [0.05, 0.1) is 25.1 Å². The van der Waals surface area contributed by atoms with E-state index >= 15 is 0 Å². The molecule has 1 amide bonds. The third-order valence-corrected chi connectivity index (χ3v) is 5.83. The van der Waals surface area contributed by atoms with Gasteiger partial charge in [0.25, 0.3) is 5.91 Å². The zero-order chi connectivity index (χ0) is 16.5. The predicted octanol–water partition coefficient (Wildman–Crippen LogP) is 3.51. The Bertz CT molecular complexity index is 817. The molecule has 122 valence electrons. The summed E-state index contributed by atoms with van der Waals surface area (Å²) in [6.45, 7) is 8.87. The zero-order valence-electron chi connectivity index (χ0n) is 13.3. The highest BCUT2D eigenvalue weighted by atomic mass is 32.2. The van der Waals surface area contributed by atoms with Crippen LogP contribution in [0.1, 0.15) is 40.5 Å². The molecule has 24 heavy (non-hydrogen) atoms. The van der Waals surface area contributed by atoms with Crippen LogP contribution in [0.4, 0.5) is 5.69 Å². The first kappa shape index (κ1) is 15.3. The molecule has 0 bridgehead atoms. The van der Waals surface area contributed by atoms with Gasteiger partial charge in [-0.25, -0.2) is 9.83 Å². The molecule has 2 aliphatic heterocycles. The van der Waals surface area contributed by atoms with Gasteiger partial charge in [0, 0.05) is 24.6 Å². The van der Waals surface area contributed by atoms with Crippen LogP contribution in [-0.4, -0.2) is 39.2 Å². The summed E-state index contributed by atoms with van der Waals surface area (Å²) in [5.74, 6) is 1.92. The van der Waals surface area contributed by atoms with Gasteiger partial charge in [-0.05, 0) is 24.0 Å². The maximum absolute atomic E-state index is 12.8. The predicted molar refractivity (Wildman–Crippen MR) is 94.4 cm³/mol. The van der Waals surface area contributed by atoms with Crippen molar-refractivity contribution in [1.82, 2.24) is 14.5 Å². The average molecular weight is 338 g/mol. The van der Waals surface area contributed by atoms with Gasteiger partial charge in [-0.1, -0.05) is 18.2 Å². The molecule has 1 atom stereocenters. The van der Waals surface area contributed by atoms with Crippen LogP contribution in [-0.2, 0) is 5.75 Å². The van der Waals surface area contributed by atoms with Gasteiger partial charge in [-0.15, -0.1) is 0 Å². The van der Waals surface area contributed by atoms with Crippen LogP contribution in [0.25, 0.3) is 4.85 Å². The standard InChI is InChI=1S/C18H18N4OS/c1-19-14-4-5-15-13(8-14)10-24-11-17(15)22-12-20-9-16(22)18(23)21-6-2-3-7-21/h4-5,8-9,12,17H,2-3,6-7,10-11H2. The summed E-state index contributed by atoms with van der Waals surface area (Å²) in [5.41, 5.74) is 3.74. The maximum atomic E-state index is 12.8. The SMILES string of the molecule is [C-]#[N+]c1ccc2c(c1)CSCC2n1cncc1C(=O)N1CCCC1. The Morgan fingerprint density at radius 2 is 2.17 bits per heavy atom. The molecule has 2 aromatic rings. The molecule has 1 unspecified atom stereocenters.